The monoisotopic (exact) mass is 183 g/mol. The minimum absolute atomic E-state index is 0.206. The standard InChI is InChI=1S/C11H21NO/c1-8(12-4)9-5-10(7-13)11(2,3)6-9/h7-10,12H,5-6H2,1-4H3. The lowest BCUT2D eigenvalue weighted by molar-refractivity contribution is -0.113. The first-order valence-corrected chi connectivity index (χ1v) is 5.14. The van der Waals surface area contributed by atoms with Crippen molar-refractivity contribution in [2.24, 2.45) is 17.3 Å². The molecule has 1 N–H and O–H groups in total. The van der Waals surface area contributed by atoms with E-state index in [9.17, 15) is 4.79 Å². The van der Waals surface area contributed by atoms with E-state index in [4.69, 9.17) is 0 Å². The predicted molar refractivity (Wildman–Crippen MR) is 54.6 cm³/mol. The van der Waals surface area contributed by atoms with Gasteiger partial charge in [-0.05, 0) is 38.1 Å². The maximum atomic E-state index is 10.9. The Morgan fingerprint density at radius 1 is 1.54 bits per heavy atom. The first-order valence-electron chi connectivity index (χ1n) is 5.14. The summed E-state index contributed by atoms with van der Waals surface area (Å²) in [5, 5.41) is 3.27. The summed E-state index contributed by atoms with van der Waals surface area (Å²) in [5.74, 6) is 0.920. The Labute approximate surface area is 81.1 Å². The molecule has 0 aromatic carbocycles. The summed E-state index contributed by atoms with van der Waals surface area (Å²) in [4.78, 5) is 10.9. The van der Waals surface area contributed by atoms with Crippen molar-refractivity contribution in [1.29, 1.82) is 0 Å². The molecule has 1 aliphatic carbocycles. The van der Waals surface area contributed by atoms with E-state index >= 15 is 0 Å². The van der Waals surface area contributed by atoms with E-state index in [0.717, 1.165) is 12.7 Å². The summed E-state index contributed by atoms with van der Waals surface area (Å²) in [6.45, 7) is 6.61. The summed E-state index contributed by atoms with van der Waals surface area (Å²) < 4.78 is 0. The number of nitrogens with one attached hydrogen (secondary N) is 1. The fourth-order valence-electron chi connectivity index (χ4n) is 2.41. The zero-order chi connectivity index (χ0) is 10.1. The Morgan fingerprint density at radius 3 is 2.54 bits per heavy atom. The minimum atomic E-state index is 0.206. The van der Waals surface area contributed by atoms with Gasteiger partial charge in [-0.2, -0.15) is 0 Å². The van der Waals surface area contributed by atoms with Gasteiger partial charge in [0.15, 0.2) is 0 Å². The second-order valence-electron chi connectivity index (χ2n) is 5.01. The van der Waals surface area contributed by atoms with Crippen LogP contribution in [0.2, 0.25) is 0 Å². The Balaban J connectivity index is 2.63. The molecule has 0 spiro atoms. The molecular formula is C11H21NO. The molecule has 0 heterocycles. The van der Waals surface area contributed by atoms with Gasteiger partial charge in [0.25, 0.3) is 0 Å². The van der Waals surface area contributed by atoms with Gasteiger partial charge in [0, 0.05) is 12.0 Å². The fraction of sp³-hybridized carbons (Fsp3) is 0.909. The van der Waals surface area contributed by atoms with Crippen LogP contribution in [-0.4, -0.2) is 19.4 Å². The topological polar surface area (TPSA) is 29.1 Å². The molecule has 0 amide bonds. The fourth-order valence-corrected chi connectivity index (χ4v) is 2.41. The van der Waals surface area contributed by atoms with Crippen LogP contribution in [0, 0.1) is 17.3 Å². The SMILES string of the molecule is CNC(C)C1CC(C=O)C(C)(C)C1. The van der Waals surface area contributed by atoms with Crippen LogP contribution in [0.3, 0.4) is 0 Å². The number of rotatable bonds is 3. The van der Waals surface area contributed by atoms with Crippen LogP contribution in [0.15, 0.2) is 0 Å². The molecule has 2 heteroatoms. The van der Waals surface area contributed by atoms with E-state index < -0.39 is 0 Å². The van der Waals surface area contributed by atoms with E-state index in [-0.39, 0.29) is 11.3 Å². The molecule has 0 aromatic rings. The summed E-state index contributed by atoms with van der Waals surface area (Å²) in [5.41, 5.74) is 0.206. The summed E-state index contributed by atoms with van der Waals surface area (Å²) >= 11 is 0. The van der Waals surface area contributed by atoms with Crippen molar-refractivity contribution in [3.05, 3.63) is 0 Å². The van der Waals surface area contributed by atoms with Crippen LogP contribution < -0.4 is 5.32 Å². The lowest BCUT2D eigenvalue weighted by atomic mass is 9.82. The molecule has 0 radical (unpaired) electrons. The van der Waals surface area contributed by atoms with Gasteiger partial charge in [-0.25, -0.2) is 0 Å². The summed E-state index contributed by atoms with van der Waals surface area (Å²) in [6.07, 6.45) is 3.36. The van der Waals surface area contributed by atoms with Crippen molar-refractivity contribution < 1.29 is 4.79 Å². The average Bonchev–Trinajstić information content (AvgIpc) is 2.39. The average molecular weight is 183 g/mol. The van der Waals surface area contributed by atoms with E-state index in [1.54, 1.807) is 0 Å². The van der Waals surface area contributed by atoms with Gasteiger partial charge in [0.05, 0.1) is 0 Å². The van der Waals surface area contributed by atoms with Gasteiger partial charge in [0.1, 0.15) is 6.29 Å². The highest BCUT2D eigenvalue weighted by molar-refractivity contribution is 5.55. The molecule has 2 nitrogen and oxygen atoms in total. The van der Waals surface area contributed by atoms with E-state index in [0.29, 0.717) is 12.0 Å². The second-order valence-corrected chi connectivity index (χ2v) is 5.01. The number of carbonyl (C=O) groups is 1. The summed E-state index contributed by atoms with van der Waals surface area (Å²) in [6, 6.07) is 0.532. The van der Waals surface area contributed by atoms with Gasteiger partial charge in [-0.1, -0.05) is 13.8 Å². The van der Waals surface area contributed by atoms with Gasteiger partial charge < -0.3 is 10.1 Å². The molecule has 3 unspecified atom stereocenters. The second kappa shape index (κ2) is 3.79. The molecule has 0 aromatic heterocycles. The molecule has 1 aliphatic rings. The molecule has 1 saturated carbocycles. The Kier molecular flexibility index (Phi) is 3.12. The Bertz CT molecular complexity index is 189. The third kappa shape index (κ3) is 2.11. The smallest absolute Gasteiger partial charge is 0.123 e. The minimum Gasteiger partial charge on any atom is -0.317 e. The van der Waals surface area contributed by atoms with Crippen molar-refractivity contribution in [2.75, 3.05) is 7.05 Å². The number of carbonyl (C=O) groups excluding carboxylic acids is 1. The lowest BCUT2D eigenvalue weighted by Crippen LogP contribution is -2.29. The third-order valence-electron chi connectivity index (χ3n) is 3.68. The van der Waals surface area contributed by atoms with Crippen molar-refractivity contribution in [2.45, 2.75) is 39.7 Å². The third-order valence-corrected chi connectivity index (χ3v) is 3.68. The van der Waals surface area contributed by atoms with Crippen molar-refractivity contribution >= 4 is 6.29 Å². The van der Waals surface area contributed by atoms with Crippen molar-refractivity contribution in [1.82, 2.24) is 5.32 Å². The van der Waals surface area contributed by atoms with E-state index in [1.807, 2.05) is 7.05 Å². The molecule has 0 bridgehead atoms. The first-order chi connectivity index (χ1) is 6.01. The van der Waals surface area contributed by atoms with Crippen molar-refractivity contribution in [3.63, 3.8) is 0 Å². The summed E-state index contributed by atoms with van der Waals surface area (Å²) in [7, 11) is 1.99. The van der Waals surface area contributed by atoms with Crippen LogP contribution in [-0.2, 0) is 4.79 Å². The molecular weight excluding hydrogens is 162 g/mol. The van der Waals surface area contributed by atoms with E-state index in [1.165, 1.54) is 6.42 Å². The predicted octanol–water partition coefficient (Wildman–Crippen LogP) is 1.85. The van der Waals surface area contributed by atoms with Gasteiger partial charge in [-0.15, -0.1) is 0 Å². The van der Waals surface area contributed by atoms with Crippen LogP contribution in [0.4, 0.5) is 0 Å². The first kappa shape index (κ1) is 10.7. The maximum Gasteiger partial charge on any atom is 0.123 e. The molecule has 13 heavy (non-hydrogen) atoms. The van der Waals surface area contributed by atoms with Gasteiger partial charge >= 0.3 is 0 Å². The highest BCUT2D eigenvalue weighted by Gasteiger charge is 2.41. The Hall–Kier alpha value is -0.370. The van der Waals surface area contributed by atoms with Crippen LogP contribution in [0.5, 0.6) is 0 Å². The molecule has 3 atom stereocenters. The lowest BCUT2D eigenvalue weighted by Gasteiger charge is -2.23. The maximum absolute atomic E-state index is 10.9. The number of hydrogen-bond acceptors (Lipinski definition) is 2. The molecule has 0 saturated heterocycles. The zero-order valence-electron chi connectivity index (χ0n) is 9.13. The Morgan fingerprint density at radius 2 is 2.15 bits per heavy atom. The zero-order valence-corrected chi connectivity index (χ0v) is 9.13. The highest BCUT2D eigenvalue weighted by atomic mass is 16.1. The molecule has 0 aliphatic heterocycles. The quantitative estimate of drug-likeness (QED) is 0.676. The number of aldehydes is 1. The molecule has 1 fully saturated rings. The van der Waals surface area contributed by atoms with Crippen LogP contribution in [0.25, 0.3) is 0 Å². The molecule has 1 rings (SSSR count). The van der Waals surface area contributed by atoms with Gasteiger partial charge in [0.2, 0.25) is 0 Å². The van der Waals surface area contributed by atoms with Crippen molar-refractivity contribution in [3.8, 4) is 0 Å². The van der Waals surface area contributed by atoms with Gasteiger partial charge in [-0.3, -0.25) is 0 Å². The normalized spacial score (nSPS) is 34.5. The number of hydrogen-bond donors (Lipinski definition) is 1. The van der Waals surface area contributed by atoms with Crippen LogP contribution in [0.1, 0.15) is 33.6 Å². The highest BCUT2D eigenvalue weighted by Crippen LogP contribution is 2.45. The van der Waals surface area contributed by atoms with E-state index in [2.05, 4.69) is 26.1 Å². The molecule has 76 valence electrons. The largest absolute Gasteiger partial charge is 0.317 e. The van der Waals surface area contributed by atoms with Crippen LogP contribution >= 0.6 is 0 Å².